The lowest BCUT2D eigenvalue weighted by Gasteiger charge is -2.29. The number of carbonyl (C=O) groups excluding carboxylic acids is 2. The normalized spacial score (nSPS) is 11.2. The fourth-order valence-electron chi connectivity index (χ4n) is 2.17. The Kier molecular flexibility index (Phi) is 5.31. The summed E-state index contributed by atoms with van der Waals surface area (Å²) < 4.78 is 10.8. The Labute approximate surface area is 135 Å². The SMILES string of the molecule is CC(=O)OC(C=Cc1ccccc1)(OC(C)=O)c1ccccc1. The van der Waals surface area contributed by atoms with Gasteiger partial charge in [-0.25, -0.2) is 0 Å². The lowest BCUT2D eigenvalue weighted by Crippen LogP contribution is -2.34. The van der Waals surface area contributed by atoms with Crippen LogP contribution in [0.4, 0.5) is 0 Å². The van der Waals surface area contributed by atoms with Crippen molar-refractivity contribution < 1.29 is 19.1 Å². The van der Waals surface area contributed by atoms with Gasteiger partial charge in [0.15, 0.2) is 0 Å². The zero-order chi connectivity index (χ0) is 16.7. The van der Waals surface area contributed by atoms with Crippen LogP contribution in [0, 0.1) is 0 Å². The highest BCUT2D eigenvalue weighted by molar-refractivity contribution is 5.70. The number of hydrogen-bond acceptors (Lipinski definition) is 4. The van der Waals surface area contributed by atoms with Crippen molar-refractivity contribution in [2.75, 3.05) is 0 Å². The third-order valence-corrected chi connectivity index (χ3v) is 3.06. The van der Waals surface area contributed by atoms with Gasteiger partial charge in [0.25, 0.3) is 0 Å². The molecule has 23 heavy (non-hydrogen) atoms. The van der Waals surface area contributed by atoms with E-state index in [2.05, 4.69) is 0 Å². The standard InChI is InChI=1S/C19H18O4/c1-15(20)22-19(23-16(2)21,18-11-7-4-8-12-18)14-13-17-9-5-3-6-10-17/h3-14H,1-2H3. The van der Waals surface area contributed by atoms with Gasteiger partial charge in [0.2, 0.25) is 0 Å². The van der Waals surface area contributed by atoms with E-state index in [0.29, 0.717) is 5.56 Å². The predicted molar refractivity (Wildman–Crippen MR) is 87.1 cm³/mol. The van der Waals surface area contributed by atoms with E-state index in [9.17, 15) is 9.59 Å². The summed E-state index contributed by atoms with van der Waals surface area (Å²) in [5, 5.41) is 0. The van der Waals surface area contributed by atoms with Gasteiger partial charge in [-0.05, 0) is 5.56 Å². The molecule has 0 N–H and O–H groups in total. The highest BCUT2D eigenvalue weighted by Gasteiger charge is 2.36. The van der Waals surface area contributed by atoms with Gasteiger partial charge in [0.05, 0.1) is 0 Å². The largest absolute Gasteiger partial charge is 0.414 e. The predicted octanol–water partition coefficient (Wildman–Crippen LogP) is 3.68. The molecule has 2 aromatic rings. The Morgan fingerprint density at radius 2 is 1.30 bits per heavy atom. The maximum absolute atomic E-state index is 11.6. The minimum Gasteiger partial charge on any atom is -0.414 e. The molecule has 0 saturated heterocycles. The maximum atomic E-state index is 11.6. The summed E-state index contributed by atoms with van der Waals surface area (Å²) in [5.74, 6) is -2.69. The van der Waals surface area contributed by atoms with Crippen LogP contribution in [-0.4, -0.2) is 11.9 Å². The Morgan fingerprint density at radius 1 is 0.826 bits per heavy atom. The number of esters is 2. The third kappa shape index (κ3) is 4.54. The van der Waals surface area contributed by atoms with Crippen molar-refractivity contribution in [2.45, 2.75) is 19.6 Å². The van der Waals surface area contributed by atoms with Gasteiger partial charge in [-0.3, -0.25) is 9.59 Å². The molecule has 0 atom stereocenters. The molecule has 0 aliphatic heterocycles. The lowest BCUT2D eigenvalue weighted by molar-refractivity contribution is -0.213. The monoisotopic (exact) mass is 310 g/mol. The van der Waals surface area contributed by atoms with Gasteiger partial charge >= 0.3 is 17.7 Å². The molecule has 0 fully saturated rings. The molecule has 0 unspecified atom stereocenters. The molecule has 0 spiro atoms. The second-order valence-corrected chi connectivity index (χ2v) is 4.96. The average Bonchev–Trinajstić information content (AvgIpc) is 2.53. The third-order valence-electron chi connectivity index (χ3n) is 3.06. The van der Waals surface area contributed by atoms with Crippen molar-refractivity contribution in [3.63, 3.8) is 0 Å². The minimum atomic E-state index is -1.59. The lowest BCUT2D eigenvalue weighted by atomic mass is 10.0. The first-order chi connectivity index (χ1) is 11.0. The topological polar surface area (TPSA) is 52.6 Å². The van der Waals surface area contributed by atoms with Gasteiger partial charge in [0.1, 0.15) is 0 Å². The molecular formula is C19H18O4. The molecule has 0 aliphatic carbocycles. The van der Waals surface area contributed by atoms with E-state index in [1.54, 1.807) is 36.4 Å². The van der Waals surface area contributed by atoms with E-state index in [-0.39, 0.29) is 0 Å². The Bertz CT molecular complexity index is 674. The summed E-state index contributed by atoms with van der Waals surface area (Å²) in [4.78, 5) is 23.2. The van der Waals surface area contributed by atoms with E-state index >= 15 is 0 Å². The van der Waals surface area contributed by atoms with E-state index in [1.165, 1.54) is 13.8 Å². The zero-order valence-electron chi connectivity index (χ0n) is 13.1. The molecule has 0 aromatic heterocycles. The van der Waals surface area contributed by atoms with Crippen LogP contribution in [0.1, 0.15) is 25.0 Å². The van der Waals surface area contributed by atoms with Crippen molar-refractivity contribution in [2.24, 2.45) is 0 Å². The molecule has 0 heterocycles. The molecule has 118 valence electrons. The van der Waals surface area contributed by atoms with Crippen LogP contribution in [0.3, 0.4) is 0 Å². The molecule has 0 aliphatic rings. The molecule has 4 heteroatoms. The van der Waals surface area contributed by atoms with Gasteiger partial charge in [-0.1, -0.05) is 66.7 Å². The first-order valence-corrected chi connectivity index (χ1v) is 7.21. The summed E-state index contributed by atoms with van der Waals surface area (Å²) in [6.45, 7) is 2.55. The molecule has 0 amide bonds. The van der Waals surface area contributed by atoms with Crippen molar-refractivity contribution in [3.8, 4) is 0 Å². The van der Waals surface area contributed by atoms with Gasteiger partial charge in [0, 0.05) is 25.5 Å². The summed E-state index contributed by atoms with van der Waals surface area (Å²) in [6, 6.07) is 18.4. The smallest absolute Gasteiger partial charge is 0.306 e. The minimum absolute atomic E-state index is 0.548. The van der Waals surface area contributed by atoms with Crippen LogP contribution in [0.25, 0.3) is 6.08 Å². The van der Waals surface area contributed by atoms with E-state index < -0.39 is 17.7 Å². The zero-order valence-corrected chi connectivity index (χ0v) is 13.1. The maximum Gasteiger partial charge on any atom is 0.306 e. The molecule has 2 rings (SSSR count). The fraction of sp³-hybridized carbons (Fsp3) is 0.158. The highest BCUT2D eigenvalue weighted by atomic mass is 16.7. The van der Waals surface area contributed by atoms with Crippen LogP contribution >= 0.6 is 0 Å². The van der Waals surface area contributed by atoms with Gasteiger partial charge in [-0.2, -0.15) is 0 Å². The molecule has 0 bridgehead atoms. The molecular weight excluding hydrogens is 292 g/mol. The fourth-order valence-corrected chi connectivity index (χ4v) is 2.17. The van der Waals surface area contributed by atoms with Crippen molar-refractivity contribution >= 4 is 18.0 Å². The number of hydrogen-bond donors (Lipinski definition) is 0. The van der Waals surface area contributed by atoms with Crippen molar-refractivity contribution in [3.05, 3.63) is 77.9 Å². The van der Waals surface area contributed by atoms with Crippen LogP contribution in [0.15, 0.2) is 66.7 Å². The highest BCUT2D eigenvalue weighted by Crippen LogP contribution is 2.30. The van der Waals surface area contributed by atoms with Gasteiger partial charge in [-0.15, -0.1) is 0 Å². The summed E-state index contributed by atoms with van der Waals surface area (Å²) in [5.41, 5.74) is 1.45. The van der Waals surface area contributed by atoms with Crippen molar-refractivity contribution in [1.82, 2.24) is 0 Å². The number of carbonyl (C=O) groups is 2. The molecule has 4 nitrogen and oxygen atoms in total. The summed E-state index contributed by atoms with van der Waals surface area (Å²) in [7, 11) is 0. The quantitative estimate of drug-likeness (QED) is 0.624. The number of rotatable bonds is 5. The van der Waals surface area contributed by atoms with Crippen LogP contribution in [0.5, 0.6) is 0 Å². The Morgan fingerprint density at radius 3 is 1.78 bits per heavy atom. The number of benzene rings is 2. The van der Waals surface area contributed by atoms with Crippen LogP contribution in [-0.2, 0) is 24.8 Å². The van der Waals surface area contributed by atoms with Crippen molar-refractivity contribution in [1.29, 1.82) is 0 Å². The molecule has 0 saturated carbocycles. The number of ether oxygens (including phenoxy) is 2. The summed E-state index contributed by atoms with van der Waals surface area (Å²) in [6.07, 6.45) is 3.32. The molecule has 2 aromatic carbocycles. The van der Waals surface area contributed by atoms with E-state index in [1.807, 2.05) is 36.4 Å². The Hall–Kier alpha value is -2.88. The second kappa shape index (κ2) is 7.40. The first-order valence-electron chi connectivity index (χ1n) is 7.21. The van der Waals surface area contributed by atoms with Gasteiger partial charge < -0.3 is 9.47 Å². The van der Waals surface area contributed by atoms with E-state index in [0.717, 1.165) is 5.56 Å². The second-order valence-electron chi connectivity index (χ2n) is 4.96. The van der Waals surface area contributed by atoms with Crippen LogP contribution < -0.4 is 0 Å². The molecule has 0 radical (unpaired) electrons. The first kappa shape index (κ1) is 16.5. The summed E-state index contributed by atoms with van der Waals surface area (Å²) >= 11 is 0. The Balaban J connectivity index is 2.49. The average molecular weight is 310 g/mol. The van der Waals surface area contributed by atoms with E-state index in [4.69, 9.17) is 9.47 Å². The van der Waals surface area contributed by atoms with Crippen LogP contribution in [0.2, 0.25) is 0 Å².